The van der Waals surface area contributed by atoms with Gasteiger partial charge in [-0.2, -0.15) is 0 Å². The zero-order valence-corrected chi connectivity index (χ0v) is 11.6. The summed E-state index contributed by atoms with van der Waals surface area (Å²) < 4.78 is 4.97. The number of carbonyl (C=O) groups excluding carboxylic acids is 1. The lowest BCUT2D eigenvalue weighted by Gasteiger charge is -2.06. The van der Waals surface area contributed by atoms with Crippen LogP contribution in [0.15, 0.2) is 48.5 Å². The first-order valence-electron chi connectivity index (χ1n) is 5.96. The molecule has 3 nitrogen and oxygen atoms in total. The van der Waals surface area contributed by atoms with Gasteiger partial charge in [0.15, 0.2) is 5.78 Å². The number of carbonyl (C=O) groups is 1. The van der Waals surface area contributed by atoms with E-state index in [0.29, 0.717) is 5.75 Å². The molecule has 2 aromatic carbocycles. The number of phenolic OH excluding ortho intramolecular Hbond substituents is 1. The first-order valence-corrected chi connectivity index (χ1v) is 6.33. The van der Waals surface area contributed by atoms with Gasteiger partial charge in [-0.05, 0) is 17.7 Å². The number of aromatic hydroxyl groups is 1. The van der Waals surface area contributed by atoms with Crippen molar-refractivity contribution in [3.63, 3.8) is 0 Å². The number of hydrogen-bond acceptors (Lipinski definition) is 3. The summed E-state index contributed by atoms with van der Waals surface area (Å²) in [6.45, 7) is 0. The van der Waals surface area contributed by atoms with E-state index in [-0.39, 0.29) is 22.1 Å². The van der Waals surface area contributed by atoms with E-state index in [1.54, 1.807) is 6.08 Å². The predicted molar refractivity (Wildman–Crippen MR) is 79.5 cm³/mol. The minimum Gasteiger partial charge on any atom is -0.507 e. The topological polar surface area (TPSA) is 46.5 Å². The minimum atomic E-state index is -0.323. The van der Waals surface area contributed by atoms with E-state index in [9.17, 15) is 9.90 Å². The number of methoxy groups -OCH3 is 1. The minimum absolute atomic E-state index is 0.142. The van der Waals surface area contributed by atoms with Crippen LogP contribution in [-0.2, 0) is 0 Å². The van der Waals surface area contributed by atoms with E-state index >= 15 is 0 Å². The highest BCUT2D eigenvalue weighted by Crippen LogP contribution is 2.32. The zero-order chi connectivity index (χ0) is 14.5. The first-order chi connectivity index (χ1) is 9.61. The van der Waals surface area contributed by atoms with Crippen molar-refractivity contribution in [3.8, 4) is 11.5 Å². The van der Waals surface area contributed by atoms with Gasteiger partial charge in [0.1, 0.15) is 11.5 Å². The number of allylic oxidation sites excluding steroid dienone is 1. The molecule has 0 amide bonds. The van der Waals surface area contributed by atoms with E-state index in [4.69, 9.17) is 16.3 Å². The van der Waals surface area contributed by atoms with Crippen LogP contribution in [0.2, 0.25) is 5.02 Å². The molecule has 0 radical (unpaired) electrons. The summed E-state index contributed by atoms with van der Waals surface area (Å²) in [5.74, 6) is -0.155. The van der Waals surface area contributed by atoms with Crippen molar-refractivity contribution in [2.24, 2.45) is 0 Å². The van der Waals surface area contributed by atoms with Crippen LogP contribution in [0.4, 0.5) is 0 Å². The molecule has 0 saturated carbocycles. The Kier molecular flexibility index (Phi) is 4.43. The van der Waals surface area contributed by atoms with E-state index in [0.717, 1.165) is 5.56 Å². The van der Waals surface area contributed by atoms with Gasteiger partial charge in [-0.25, -0.2) is 0 Å². The molecule has 4 heteroatoms. The van der Waals surface area contributed by atoms with Crippen molar-refractivity contribution >= 4 is 23.5 Å². The van der Waals surface area contributed by atoms with Gasteiger partial charge in [0.05, 0.1) is 17.7 Å². The van der Waals surface area contributed by atoms with Gasteiger partial charge < -0.3 is 9.84 Å². The van der Waals surface area contributed by atoms with Gasteiger partial charge in [-0.3, -0.25) is 4.79 Å². The van der Waals surface area contributed by atoms with Crippen LogP contribution < -0.4 is 4.74 Å². The fourth-order valence-corrected chi connectivity index (χ4v) is 1.96. The van der Waals surface area contributed by atoms with Gasteiger partial charge >= 0.3 is 0 Å². The van der Waals surface area contributed by atoms with Crippen LogP contribution in [0.5, 0.6) is 11.5 Å². The highest BCUT2D eigenvalue weighted by Gasteiger charge is 2.13. The Morgan fingerprint density at radius 2 is 1.95 bits per heavy atom. The van der Waals surface area contributed by atoms with Crippen LogP contribution in [0.3, 0.4) is 0 Å². The Morgan fingerprint density at radius 3 is 2.60 bits per heavy atom. The molecule has 0 atom stereocenters. The van der Waals surface area contributed by atoms with Crippen molar-refractivity contribution in [1.29, 1.82) is 0 Å². The lowest BCUT2D eigenvalue weighted by molar-refractivity contribution is 0.104. The maximum absolute atomic E-state index is 12.0. The number of phenols is 1. The smallest absolute Gasteiger partial charge is 0.189 e. The summed E-state index contributed by atoms with van der Waals surface area (Å²) in [6.07, 6.45) is 3.08. The zero-order valence-electron chi connectivity index (χ0n) is 10.8. The molecule has 0 aliphatic rings. The largest absolute Gasteiger partial charge is 0.507 e. The number of ether oxygens (including phenoxy) is 1. The van der Waals surface area contributed by atoms with Crippen LogP contribution in [0.25, 0.3) is 6.08 Å². The van der Waals surface area contributed by atoms with Crippen LogP contribution in [0.1, 0.15) is 15.9 Å². The highest BCUT2D eigenvalue weighted by molar-refractivity contribution is 6.32. The second-order valence-corrected chi connectivity index (χ2v) is 4.52. The van der Waals surface area contributed by atoms with Crippen molar-refractivity contribution in [2.45, 2.75) is 0 Å². The summed E-state index contributed by atoms with van der Waals surface area (Å²) in [4.78, 5) is 12.0. The Bertz CT molecular complexity index is 648. The van der Waals surface area contributed by atoms with Crippen molar-refractivity contribution < 1.29 is 14.6 Å². The number of rotatable bonds is 4. The summed E-state index contributed by atoms with van der Waals surface area (Å²) in [5, 5.41) is 10.1. The summed E-state index contributed by atoms with van der Waals surface area (Å²) in [6, 6.07) is 12.1. The van der Waals surface area contributed by atoms with E-state index in [2.05, 4.69) is 0 Å². The third-order valence-electron chi connectivity index (χ3n) is 2.76. The number of ketones is 1. The molecule has 0 saturated heterocycles. The highest BCUT2D eigenvalue weighted by atomic mass is 35.5. The molecular weight excluding hydrogens is 276 g/mol. The van der Waals surface area contributed by atoms with Gasteiger partial charge in [0, 0.05) is 6.07 Å². The molecule has 0 fully saturated rings. The maximum atomic E-state index is 12.0. The number of hydrogen-bond donors (Lipinski definition) is 1. The molecular formula is C16H13ClO3. The Labute approximate surface area is 122 Å². The van der Waals surface area contributed by atoms with E-state index < -0.39 is 0 Å². The molecule has 1 N–H and O–H groups in total. The van der Waals surface area contributed by atoms with Crippen LogP contribution in [-0.4, -0.2) is 18.0 Å². The Morgan fingerprint density at radius 1 is 1.25 bits per heavy atom. The number of halogens is 1. The summed E-state index contributed by atoms with van der Waals surface area (Å²) in [5.41, 5.74) is 1.04. The third kappa shape index (κ3) is 3.19. The normalized spacial score (nSPS) is 10.7. The standard InChI is InChI=1S/C16H13ClO3/c1-20-16-10-15(19)12(9-13(16)17)14(18)8-7-11-5-3-2-4-6-11/h2-10,19H,1H3/b8-7+. The number of benzene rings is 2. The third-order valence-corrected chi connectivity index (χ3v) is 3.06. The van der Waals surface area contributed by atoms with Gasteiger partial charge in [-0.15, -0.1) is 0 Å². The Hall–Kier alpha value is -2.26. The SMILES string of the molecule is COc1cc(O)c(C(=O)/C=C/c2ccccc2)cc1Cl. The predicted octanol–water partition coefficient (Wildman–Crippen LogP) is 3.95. The molecule has 0 aliphatic heterocycles. The van der Waals surface area contributed by atoms with E-state index in [1.807, 2.05) is 30.3 Å². The fourth-order valence-electron chi connectivity index (χ4n) is 1.72. The van der Waals surface area contributed by atoms with Crippen molar-refractivity contribution in [1.82, 2.24) is 0 Å². The lowest BCUT2D eigenvalue weighted by atomic mass is 10.1. The van der Waals surface area contributed by atoms with Crippen LogP contribution >= 0.6 is 11.6 Å². The average Bonchev–Trinajstić information content (AvgIpc) is 2.47. The fraction of sp³-hybridized carbons (Fsp3) is 0.0625. The molecule has 102 valence electrons. The molecule has 2 rings (SSSR count). The quantitative estimate of drug-likeness (QED) is 0.684. The molecule has 2 aromatic rings. The molecule has 0 bridgehead atoms. The molecule has 0 aliphatic carbocycles. The van der Waals surface area contributed by atoms with E-state index in [1.165, 1.54) is 25.3 Å². The van der Waals surface area contributed by atoms with Crippen molar-refractivity contribution in [3.05, 3.63) is 64.7 Å². The second kappa shape index (κ2) is 6.26. The first kappa shape index (κ1) is 14.2. The molecule has 20 heavy (non-hydrogen) atoms. The van der Waals surface area contributed by atoms with Gasteiger partial charge in [0.25, 0.3) is 0 Å². The Balaban J connectivity index is 2.26. The van der Waals surface area contributed by atoms with Gasteiger partial charge in [-0.1, -0.05) is 48.0 Å². The average molecular weight is 289 g/mol. The molecule has 0 aromatic heterocycles. The monoisotopic (exact) mass is 288 g/mol. The molecule has 0 unspecified atom stereocenters. The van der Waals surface area contributed by atoms with Crippen molar-refractivity contribution in [2.75, 3.05) is 7.11 Å². The molecule has 0 heterocycles. The van der Waals surface area contributed by atoms with Gasteiger partial charge in [0.2, 0.25) is 0 Å². The second-order valence-electron chi connectivity index (χ2n) is 4.11. The maximum Gasteiger partial charge on any atom is 0.189 e. The summed E-state index contributed by atoms with van der Waals surface area (Å²) >= 11 is 5.95. The van der Waals surface area contributed by atoms with Crippen LogP contribution in [0, 0.1) is 0 Å². The lowest BCUT2D eigenvalue weighted by Crippen LogP contribution is -1.96. The summed E-state index contributed by atoms with van der Waals surface area (Å²) in [7, 11) is 1.44. The molecule has 0 spiro atoms.